The number of aliphatic hydroxyl groups is 1. The molecule has 0 aliphatic carbocycles. The van der Waals surface area contributed by atoms with Crippen molar-refractivity contribution in [2.24, 2.45) is 0 Å². The Morgan fingerprint density at radius 1 is 1.07 bits per heavy atom. The van der Waals surface area contributed by atoms with E-state index in [-0.39, 0.29) is 12.1 Å². The first kappa shape index (κ1) is 20.1. The van der Waals surface area contributed by atoms with Crippen molar-refractivity contribution in [3.05, 3.63) is 42.2 Å². The molecule has 0 bridgehead atoms. The monoisotopic (exact) mass is 382 g/mol. The first-order valence-electron chi connectivity index (χ1n) is 10.00. The molecule has 7 heteroatoms. The number of fused-ring (bicyclic) bond motifs is 1. The first-order valence-corrected chi connectivity index (χ1v) is 10.00. The second-order valence-corrected chi connectivity index (χ2v) is 7.29. The molecule has 0 spiro atoms. The molecule has 28 heavy (non-hydrogen) atoms. The smallest absolute Gasteiger partial charge is 0.227 e. The van der Waals surface area contributed by atoms with E-state index in [1.807, 2.05) is 29.7 Å². The number of nitrogens with zero attached hydrogens (tertiary/aromatic N) is 4. The maximum Gasteiger partial charge on any atom is 0.227 e. The van der Waals surface area contributed by atoms with Crippen molar-refractivity contribution < 1.29 is 5.11 Å². The average Bonchev–Trinajstić information content (AvgIpc) is 3.15. The van der Waals surface area contributed by atoms with E-state index in [1.54, 1.807) is 6.33 Å². The summed E-state index contributed by atoms with van der Waals surface area (Å²) in [7, 11) is 0. The van der Waals surface area contributed by atoms with Gasteiger partial charge in [-0.25, -0.2) is 4.98 Å². The highest BCUT2D eigenvalue weighted by atomic mass is 16.3. The number of hydrogen-bond donors (Lipinski definition) is 3. The summed E-state index contributed by atoms with van der Waals surface area (Å²) in [5, 5.41) is 17.0. The molecular formula is C21H30N6O. The minimum Gasteiger partial charge on any atom is -0.391 e. The lowest BCUT2D eigenvalue weighted by Crippen LogP contribution is -2.33. The van der Waals surface area contributed by atoms with Crippen molar-refractivity contribution in [1.82, 2.24) is 19.5 Å². The van der Waals surface area contributed by atoms with Gasteiger partial charge in [-0.3, -0.25) is 0 Å². The maximum absolute atomic E-state index is 10.3. The van der Waals surface area contributed by atoms with Crippen molar-refractivity contribution >= 4 is 22.9 Å². The van der Waals surface area contributed by atoms with E-state index in [1.165, 1.54) is 0 Å². The molecule has 1 aromatic carbocycles. The van der Waals surface area contributed by atoms with Crippen molar-refractivity contribution in [2.75, 3.05) is 10.6 Å². The molecule has 0 saturated heterocycles. The van der Waals surface area contributed by atoms with Crippen LogP contribution < -0.4 is 10.6 Å². The van der Waals surface area contributed by atoms with E-state index in [4.69, 9.17) is 4.98 Å². The second-order valence-electron chi connectivity index (χ2n) is 7.29. The van der Waals surface area contributed by atoms with E-state index < -0.39 is 6.10 Å². The van der Waals surface area contributed by atoms with Gasteiger partial charge in [0.15, 0.2) is 17.0 Å². The van der Waals surface area contributed by atoms with Gasteiger partial charge in [0, 0.05) is 12.6 Å². The van der Waals surface area contributed by atoms with Crippen LogP contribution in [-0.4, -0.2) is 36.8 Å². The summed E-state index contributed by atoms with van der Waals surface area (Å²) >= 11 is 0. The molecule has 0 saturated carbocycles. The molecular weight excluding hydrogens is 352 g/mol. The average molecular weight is 383 g/mol. The molecule has 150 valence electrons. The fraction of sp³-hybridized carbons (Fsp3) is 0.476. The molecule has 0 radical (unpaired) electrons. The molecule has 3 N–H and O–H groups in total. The lowest BCUT2D eigenvalue weighted by atomic mass is 10.1. The number of aliphatic hydroxyl groups excluding tert-OH is 1. The van der Waals surface area contributed by atoms with Crippen LogP contribution in [0.5, 0.6) is 0 Å². The van der Waals surface area contributed by atoms with Gasteiger partial charge in [0.05, 0.1) is 18.5 Å². The molecule has 3 rings (SSSR count). The number of imidazole rings is 1. The topological polar surface area (TPSA) is 87.9 Å². The molecule has 0 fully saturated rings. The Bertz CT molecular complexity index is 893. The Hall–Kier alpha value is -2.67. The number of anilines is 2. The van der Waals surface area contributed by atoms with Gasteiger partial charge in [-0.1, -0.05) is 44.2 Å². The molecule has 7 nitrogen and oxygen atoms in total. The SMILES string of the molecule is CC[C@@H](O)[C@@H](CC)Nc1nc(NCc2ccccc2)nc2c1ncn2C(C)C. The van der Waals surface area contributed by atoms with Crippen LogP contribution in [0.4, 0.5) is 11.8 Å². The standard InChI is InChI=1S/C21H30N6O/c1-5-16(17(28)6-2)24-19-18-20(27(13-23-18)14(3)4)26-21(25-19)22-12-15-10-8-7-9-11-15/h7-11,13-14,16-17,28H,5-6,12H2,1-4H3,(H2,22,24,25,26)/t16-,17-/m1/s1. The molecule has 2 atom stereocenters. The lowest BCUT2D eigenvalue weighted by Gasteiger charge is -2.23. The number of benzene rings is 1. The zero-order valence-corrected chi connectivity index (χ0v) is 17.1. The van der Waals surface area contributed by atoms with Crippen LogP contribution in [0.3, 0.4) is 0 Å². The van der Waals surface area contributed by atoms with E-state index >= 15 is 0 Å². The predicted molar refractivity (Wildman–Crippen MR) is 113 cm³/mol. The van der Waals surface area contributed by atoms with Crippen molar-refractivity contribution in [3.8, 4) is 0 Å². The van der Waals surface area contributed by atoms with Gasteiger partial charge in [0.25, 0.3) is 0 Å². The van der Waals surface area contributed by atoms with Gasteiger partial charge in [-0.05, 0) is 32.3 Å². The van der Waals surface area contributed by atoms with Crippen LogP contribution >= 0.6 is 0 Å². The molecule has 0 aliphatic heterocycles. The summed E-state index contributed by atoms with van der Waals surface area (Å²) in [5.41, 5.74) is 2.66. The van der Waals surface area contributed by atoms with Gasteiger partial charge in [0.1, 0.15) is 0 Å². The number of nitrogens with one attached hydrogen (secondary N) is 2. The predicted octanol–water partition coefficient (Wildman–Crippen LogP) is 3.98. The van der Waals surface area contributed by atoms with E-state index in [9.17, 15) is 5.11 Å². The molecule has 2 aromatic heterocycles. The van der Waals surface area contributed by atoms with Crippen molar-refractivity contribution in [3.63, 3.8) is 0 Å². The Kier molecular flexibility index (Phi) is 6.46. The third-order valence-corrected chi connectivity index (χ3v) is 4.92. The fourth-order valence-corrected chi connectivity index (χ4v) is 3.18. The van der Waals surface area contributed by atoms with Crippen LogP contribution in [-0.2, 0) is 6.54 Å². The van der Waals surface area contributed by atoms with Gasteiger partial charge in [-0.15, -0.1) is 0 Å². The summed E-state index contributed by atoms with van der Waals surface area (Å²) < 4.78 is 2.03. The molecule has 0 unspecified atom stereocenters. The molecule has 2 heterocycles. The lowest BCUT2D eigenvalue weighted by molar-refractivity contribution is 0.146. The summed E-state index contributed by atoms with van der Waals surface area (Å²) in [6.07, 6.45) is 2.83. The highest BCUT2D eigenvalue weighted by Gasteiger charge is 2.20. The van der Waals surface area contributed by atoms with Gasteiger partial charge in [0.2, 0.25) is 5.95 Å². The largest absolute Gasteiger partial charge is 0.391 e. The Labute approximate surface area is 166 Å². The molecule has 0 aliphatic rings. The number of aromatic nitrogens is 4. The summed E-state index contributed by atoms with van der Waals surface area (Å²) in [6, 6.07) is 10.3. The third-order valence-electron chi connectivity index (χ3n) is 4.92. The zero-order valence-electron chi connectivity index (χ0n) is 17.1. The van der Waals surface area contributed by atoms with Crippen LogP contribution in [0, 0.1) is 0 Å². The van der Waals surface area contributed by atoms with Crippen LogP contribution in [0.2, 0.25) is 0 Å². The van der Waals surface area contributed by atoms with E-state index in [0.29, 0.717) is 24.7 Å². The minimum atomic E-state index is -0.442. The van der Waals surface area contributed by atoms with Crippen molar-refractivity contribution in [2.45, 2.75) is 65.3 Å². The summed E-state index contributed by atoms with van der Waals surface area (Å²) in [4.78, 5) is 13.9. The minimum absolute atomic E-state index is 0.0886. The van der Waals surface area contributed by atoms with Crippen molar-refractivity contribution in [1.29, 1.82) is 0 Å². The highest BCUT2D eigenvalue weighted by Crippen LogP contribution is 2.25. The van der Waals surface area contributed by atoms with E-state index in [0.717, 1.165) is 23.1 Å². The van der Waals surface area contributed by atoms with Crippen LogP contribution in [0.15, 0.2) is 36.7 Å². The van der Waals surface area contributed by atoms with E-state index in [2.05, 4.69) is 53.5 Å². The maximum atomic E-state index is 10.3. The van der Waals surface area contributed by atoms with Gasteiger partial charge >= 0.3 is 0 Å². The Morgan fingerprint density at radius 2 is 1.82 bits per heavy atom. The normalized spacial score (nSPS) is 13.6. The highest BCUT2D eigenvalue weighted by molar-refractivity contribution is 5.84. The second kappa shape index (κ2) is 9.01. The van der Waals surface area contributed by atoms with Gasteiger partial charge in [-0.2, -0.15) is 9.97 Å². The molecule has 3 aromatic rings. The number of rotatable bonds is 9. The quantitative estimate of drug-likeness (QED) is 0.519. The zero-order chi connectivity index (χ0) is 20.1. The Morgan fingerprint density at radius 3 is 2.46 bits per heavy atom. The first-order chi connectivity index (χ1) is 13.5. The molecule has 0 amide bonds. The van der Waals surface area contributed by atoms with Gasteiger partial charge < -0.3 is 20.3 Å². The van der Waals surface area contributed by atoms with Crippen LogP contribution in [0.25, 0.3) is 11.2 Å². The Balaban J connectivity index is 1.95. The number of hydrogen-bond acceptors (Lipinski definition) is 6. The fourth-order valence-electron chi connectivity index (χ4n) is 3.18. The van der Waals surface area contributed by atoms with Crippen LogP contribution in [0.1, 0.15) is 52.1 Å². The summed E-state index contributed by atoms with van der Waals surface area (Å²) in [6.45, 7) is 8.86. The third kappa shape index (κ3) is 4.42. The summed E-state index contributed by atoms with van der Waals surface area (Å²) in [5.74, 6) is 1.20.